The van der Waals surface area contributed by atoms with E-state index < -0.39 is 12.0 Å². The minimum absolute atomic E-state index is 0.0560. The molecule has 0 spiro atoms. The van der Waals surface area contributed by atoms with Crippen LogP contribution in [-0.4, -0.2) is 61.0 Å². The standard InChI is InChI=1S/C20H19F3N8O/c1-13-2-4-14(5-3-13)18-24-17(32-28-18)12-29-8-10-30(11-9-29)16-7-6-15-25-26-19(20(21,22)23)31(15)27-16/h2-7H,8-12H2,1H3. The Morgan fingerprint density at radius 1 is 0.969 bits per heavy atom. The van der Waals surface area contributed by atoms with Gasteiger partial charge < -0.3 is 9.42 Å². The van der Waals surface area contributed by atoms with Crippen molar-refractivity contribution in [2.75, 3.05) is 31.1 Å². The SMILES string of the molecule is Cc1ccc(-c2noc(CN3CCN(c4ccc5nnc(C(F)(F)F)n5n4)CC3)n2)cc1. The summed E-state index contributed by atoms with van der Waals surface area (Å²) in [5.74, 6) is 0.383. The van der Waals surface area contributed by atoms with Gasteiger partial charge in [-0.3, -0.25) is 4.90 Å². The molecule has 9 nitrogen and oxygen atoms in total. The largest absolute Gasteiger partial charge is 0.453 e. The van der Waals surface area contributed by atoms with Gasteiger partial charge in [-0.05, 0) is 19.1 Å². The zero-order chi connectivity index (χ0) is 22.3. The van der Waals surface area contributed by atoms with E-state index in [1.54, 1.807) is 6.07 Å². The van der Waals surface area contributed by atoms with Gasteiger partial charge in [0.1, 0.15) is 5.82 Å². The topological polar surface area (TPSA) is 88.5 Å². The van der Waals surface area contributed by atoms with Crippen LogP contribution in [-0.2, 0) is 12.7 Å². The van der Waals surface area contributed by atoms with E-state index in [1.807, 2.05) is 36.1 Å². The van der Waals surface area contributed by atoms with Crippen LogP contribution in [0.1, 0.15) is 17.3 Å². The van der Waals surface area contributed by atoms with Gasteiger partial charge in [0, 0.05) is 31.7 Å². The summed E-state index contributed by atoms with van der Waals surface area (Å²) in [5.41, 5.74) is 2.10. The Morgan fingerprint density at radius 3 is 2.44 bits per heavy atom. The molecule has 0 unspecified atom stereocenters. The summed E-state index contributed by atoms with van der Waals surface area (Å²) in [4.78, 5) is 8.56. The smallest absolute Gasteiger partial charge is 0.353 e. The number of fused-ring (bicyclic) bond motifs is 1. The second kappa shape index (κ2) is 7.86. The van der Waals surface area contributed by atoms with Crippen molar-refractivity contribution < 1.29 is 17.7 Å². The lowest BCUT2D eigenvalue weighted by molar-refractivity contribution is -0.146. The molecule has 1 aromatic carbocycles. The second-order valence-electron chi connectivity index (χ2n) is 7.62. The number of aryl methyl sites for hydroxylation is 1. The van der Waals surface area contributed by atoms with Gasteiger partial charge >= 0.3 is 6.18 Å². The summed E-state index contributed by atoms with van der Waals surface area (Å²) in [7, 11) is 0. The van der Waals surface area contributed by atoms with E-state index in [4.69, 9.17) is 4.52 Å². The fourth-order valence-corrected chi connectivity index (χ4v) is 3.59. The summed E-state index contributed by atoms with van der Waals surface area (Å²) < 4.78 is 45.5. The number of halogens is 3. The van der Waals surface area contributed by atoms with Crippen molar-refractivity contribution in [1.82, 2.24) is 34.9 Å². The highest BCUT2D eigenvalue weighted by Crippen LogP contribution is 2.28. The predicted octanol–water partition coefficient (Wildman–Crippen LogP) is 2.82. The lowest BCUT2D eigenvalue weighted by Gasteiger charge is -2.34. The Morgan fingerprint density at radius 2 is 1.72 bits per heavy atom. The highest BCUT2D eigenvalue weighted by Gasteiger charge is 2.38. The first-order valence-electron chi connectivity index (χ1n) is 10.0. The third kappa shape index (κ3) is 4.00. The molecule has 166 valence electrons. The number of hydrogen-bond acceptors (Lipinski definition) is 8. The van der Waals surface area contributed by atoms with Gasteiger partial charge in [-0.25, -0.2) is 0 Å². The van der Waals surface area contributed by atoms with Crippen LogP contribution in [0.25, 0.3) is 17.0 Å². The number of anilines is 1. The van der Waals surface area contributed by atoms with Gasteiger partial charge in [0.2, 0.25) is 11.7 Å². The molecular formula is C20H19F3N8O. The Labute approximate surface area is 180 Å². The molecule has 3 aromatic heterocycles. The minimum Gasteiger partial charge on any atom is -0.353 e. The normalized spacial score (nSPS) is 15.6. The molecule has 1 fully saturated rings. The highest BCUT2D eigenvalue weighted by atomic mass is 19.4. The number of rotatable bonds is 4. The van der Waals surface area contributed by atoms with E-state index in [1.165, 1.54) is 6.07 Å². The molecule has 0 atom stereocenters. The average Bonchev–Trinajstić information content (AvgIpc) is 3.41. The first kappa shape index (κ1) is 20.4. The van der Waals surface area contributed by atoms with E-state index in [9.17, 15) is 13.2 Å². The van der Waals surface area contributed by atoms with Crippen molar-refractivity contribution in [2.24, 2.45) is 0 Å². The van der Waals surface area contributed by atoms with Crippen LogP contribution in [0.15, 0.2) is 40.9 Å². The predicted molar refractivity (Wildman–Crippen MR) is 108 cm³/mol. The summed E-state index contributed by atoms with van der Waals surface area (Å²) in [5, 5.41) is 14.9. The first-order chi connectivity index (χ1) is 15.4. The van der Waals surface area contributed by atoms with E-state index in [0.29, 0.717) is 50.3 Å². The molecule has 1 saturated heterocycles. The lowest BCUT2D eigenvalue weighted by atomic mass is 10.1. The molecule has 32 heavy (non-hydrogen) atoms. The Hall–Kier alpha value is -3.54. The van der Waals surface area contributed by atoms with Crippen molar-refractivity contribution in [2.45, 2.75) is 19.6 Å². The molecule has 0 saturated carbocycles. The average molecular weight is 444 g/mol. The summed E-state index contributed by atoms with van der Waals surface area (Å²) >= 11 is 0. The van der Waals surface area contributed by atoms with Gasteiger partial charge in [0.15, 0.2) is 5.65 Å². The molecule has 5 rings (SSSR count). The quantitative estimate of drug-likeness (QED) is 0.475. The van der Waals surface area contributed by atoms with Crippen molar-refractivity contribution in [1.29, 1.82) is 0 Å². The van der Waals surface area contributed by atoms with Crippen LogP contribution < -0.4 is 4.90 Å². The van der Waals surface area contributed by atoms with Crippen molar-refractivity contribution in [3.05, 3.63) is 53.7 Å². The zero-order valence-electron chi connectivity index (χ0n) is 17.1. The number of benzene rings is 1. The van der Waals surface area contributed by atoms with Crippen LogP contribution in [0.2, 0.25) is 0 Å². The number of piperazine rings is 1. The molecule has 0 bridgehead atoms. The Balaban J connectivity index is 1.23. The minimum atomic E-state index is -4.62. The molecule has 4 heterocycles. The van der Waals surface area contributed by atoms with Crippen LogP contribution in [0, 0.1) is 6.92 Å². The fourth-order valence-electron chi connectivity index (χ4n) is 3.59. The van der Waals surface area contributed by atoms with Gasteiger partial charge in [0.25, 0.3) is 5.82 Å². The van der Waals surface area contributed by atoms with Gasteiger partial charge in [-0.2, -0.15) is 22.7 Å². The maximum absolute atomic E-state index is 13.1. The van der Waals surface area contributed by atoms with Crippen LogP contribution >= 0.6 is 0 Å². The molecule has 1 aliphatic rings. The molecule has 0 aliphatic carbocycles. The van der Waals surface area contributed by atoms with Crippen molar-refractivity contribution in [3.8, 4) is 11.4 Å². The lowest BCUT2D eigenvalue weighted by Crippen LogP contribution is -2.46. The van der Waals surface area contributed by atoms with E-state index >= 15 is 0 Å². The number of nitrogens with zero attached hydrogens (tertiary/aromatic N) is 8. The Bertz CT molecular complexity index is 1230. The maximum Gasteiger partial charge on any atom is 0.453 e. The summed E-state index contributed by atoms with van der Waals surface area (Å²) in [6.45, 7) is 5.07. The van der Waals surface area contributed by atoms with Crippen LogP contribution in [0.5, 0.6) is 0 Å². The van der Waals surface area contributed by atoms with Crippen molar-refractivity contribution in [3.63, 3.8) is 0 Å². The molecule has 0 radical (unpaired) electrons. The number of alkyl halides is 3. The van der Waals surface area contributed by atoms with Gasteiger partial charge in [0.05, 0.1) is 6.54 Å². The molecule has 12 heteroatoms. The third-order valence-corrected chi connectivity index (χ3v) is 5.34. The van der Waals surface area contributed by atoms with Crippen LogP contribution in [0.4, 0.5) is 19.0 Å². The van der Waals surface area contributed by atoms with Crippen LogP contribution in [0.3, 0.4) is 0 Å². The molecule has 1 aliphatic heterocycles. The Kier molecular flexibility index (Phi) is 5.00. The molecule has 4 aromatic rings. The fraction of sp³-hybridized carbons (Fsp3) is 0.350. The molecule has 0 amide bonds. The van der Waals surface area contributed by atoms with Crippen molar-refractivity contribution >= 4 is 11.5 Å². The third-order valence-electron chi connectivity index (χ3n) is 5.34. The first-order valence-corrected chi connectivity index (χ1v) is 10.0. The van der Waals surface area contributed by atoms with E-state index in [-0.39, 0.29) is 5.65 Å². The van der Waals surface area contributed by atoms with Gasteiger partial charge in [-0.1, -0.05) is 35.0 Å². The highest BCUT2D eigenvalue weighted by molar-refractivity contribution is 5.54. The molecular weight excluding hydrogens is 425 g/mol. The zero-order valence-corrected chi connectivity index (χ0v) is 17.1. The molecule has 0 N–H and O–H groups in total. The number of hydrogen-bond donors (Lipinski definition) is 0. The van der Waals surface area contributed by atoms with E-state index in [0.717, 1.165) is 15.6 Å². The summed E-state index contributed by atoms with van der Waals surface area (Å²) in [6.07, 6.45) is -4.62. The van der Waals surface area contributed by atoms with E-state index in [2.05, 4.69) is 30.3 Å². The monoisotopic (exact) mass is 444 g/mol. The van der Waals surface area contributed by atoms with Gasteiger partial charge in [-0.15, -0.1) is 15.3 Å². The second-order valence-corrected chi connectivity index (χ2v) is 7.62. The maximum atomic E-state index is 13.1. The summed E-state index contributed by atoms with van der Waals surface area (Å²) in [6, 6.07) is 11.0. The number of aromatic nitrogens is 6.